The molecule has 1 heterocycles. The van der Waals surface area contributed by atoms with Gasteiger partial charge in [-0.15, -0.1) is 0 Å². The molecule has 0 aliphatic rings. The summed E-state index contributed by atoms with van der Waals surface area (Å²) in [4.78, 5) is 11.7. The Hall–Kier alpha value is -1.15. The minimum Gasteiger partial charge on any atom is -0.449 e. The van der Waals surface area contributed by atoms with Crippen LogP contribution in [-0.2, 0) is 0 Å². The van der Waals surface area contributed by atoms with Crippen LogP contribution in [0.5, 0.6) is 0 Å². The molecule has 0 spiro atoms. The van der Waals surface area contributed by atoms with Crippen molar-refractivity contribution < 1.29 is 9.21 Å². The number of hydrogen-bond acceptors (Lipinski definition) is 3. The number of hydrazone groups is 1. The average molecular weight is 419 g/mol. The number of carbonyl (C=O) groups is 1. The second kappa shape index (κ2) is 6.14. The van der Waals surface area contributed by atoms with Crippen molar-refractivity contribution >= 4 is 50.6 Å². The highest BCUT2D eigenvalue weighted by molar-refractivity contribution is 14.1. The molecule has 1 N–H and O–H groups in total. The van der Waals surface area contributed by atoms with Gasteiger partial charge in [0.1, 0.15) is 5.76 Å². The first-order valence-electron chi connectivity index (χ1n) is 4.99. The van der Waals surface area contributed by atoms with Gasteiger partial charge in [-0.2, -0.15) is 5.10 Å². The third kappa shape index (κ3) is 3.67. The van der Waals surface area contributed by atoms with E-state index in [4.69, 9.17) is 4.42 Å². The molecule has 0 aliphatic heterocycles. The lowest BCUT2D eigenvalue weighted by atomic mass is 10.2. The topological polar surface area (TPSA) is 54.6 Å². The summed E-state index contributed by atoms with van der Waals surface area (Å²) in [5.41, 5.74) is 2.97. The number of hydrogen-bond donors (Lipinski definition) is 1. The highest BCUT2D eigenvalue weighted by Crippen LogP contribution is 2.11. The van der Waals surface area contributed by atoms with E-state index in [9.17, 15) is 4.79 Å². The predicted octanol–water partition coefficient (Wildman–Crippen LogP) is 3.41. The lowest BCUT2D eigenvalue weighted by Crippen LogP contribution is -2.17. The lowest BCUT2D eigenvalue weighted by molar-refractivity contribution is 0.0955. The van der Waals surface area contributed by atoms with Crippen molar-refractivity contribution in [2.75, 3.05) is 0 Å². The van der Waals surface area contributed by atoms with Crippen LogP contribution in [0.25, 0.3) is 0 Å². The van der Waals surface area contributed by atoms with Crippen LogP contribution in [0.15, 0.2) is 50.4 Å². The van der Waals surface area contributed by atoms with Crippen molar-refractivity contribution in [3.05, 3.63) is 56.0 Å². The summed E-state index contributed by atoms with van der Waals surface area (Å²) in [6.45, 7) is 0. The van der Waals surface area contributed by atoms with Gasteiger partial charge >= 0.3 is 0 Å². The Morgan fingerprint density at radius 3 is 2.89 bits per heavy atom. The van der Waals surface area contributed by atoms with Gasteiger partial charge in [0, 0.05) is 10.0 Å². The molecular weight excluding hydrogens is 411 g/mol. The molecule has 0 saturated heterocycles. The van der Waals surface area contributed by atoms with Crippen LogP contribution in [0.1, 0.15) is 16.1 Å². The molecule has 0 unspecified atom stereocenters. The molecule has 1 amide bonds. The monoisotopic (exact) mass is 418 g/mol. The van der Waals surface area contributed by atoms with E-state index in [2.05, 4.69) is 49.0 Å². The number of benzene rings is 1. The van der Waals surface area contributed by atoms with Crippen molar-refractivity contribution in [1.29, 1.82) is 0 Å². The number of rotatable bonds is 3. The molecule has 4 nitrogen and oxygen atoms in total. The van der Waals surface area contributed by atoms with Crippen LogP contribution in [0.4, 0.5) is 0 Å². The normalized spacial score (nSPS) is 10.8. The van der Waals surface area contributed by atoms with E-state index in [1.54, 1.807) is 24.3 Å². The van der Waals surface area contributed by atoms with E-state index in [0.717, 1.165) is 8.24 Å². The molecule has 1 aromatic heterocycles. The van der Waals surface area contributed by atoms with Gasteiger partial charge in [-0.25, -0.2) is 5.43 Å². The van der Waals surface area contributed by atoms with Gasteiger partial charge in [0.15, 0.2) is 3.77 Å². The molecule has 6 heteroatoms. The van der Waals surface area contributed by atoms with Crippen LogP contribution in [0, 0.1) is 3.77 Å². The smallest absolute Gasteiger partial charge is 0.271 e. The summed E-state index contributed by atoms with van der Waals surface area (Å²) < 4.78 is 6.89. The molecule has 0 fully saturated rings. The Balaban J connectivity index is 1.98. The number of amides is 1. The molecule has 0 aliphatic carbocycles. The van der Waals surface area contributed by atoms with E-state index in [1.807, 2.05) is 12.1 Å². The maximum atomic E-state index is 11.7. The van der Waals surface area contributed by atoms with E-state index in [1.165, 1.54) is 6.21 Å². The van der Waals surface area contributed by atoms with Gasteiger partial charge in [0.2, 0.25) is 0 Å². The fraction of sp³-hybridized carbons (Fsp3) is 0. The fourth-order valence-corrected chi connectivity index (χ4v) is 2.08. The Labute approximate surface area is 126 Å². The molecule has 0 bridgehead atoms. The van der Waals surface area contributed by atoms with Crippen LogP contribution in [0.3, 0.4) is 0 Å². The first-order valence-corrected chi connectivity index (χ1v) is 6.86. The van der Waals surface area contributed by atoms with E-state index in [-0.39, 0.29) is 5.91 Å². The quantitative estimate of drug-likeness (QED) is 0.471. The zero-order chi connectivity index (χ0) is 13.0. The van der Waals surface area contributed by atoms with Gasteiger partial charge < -0.3 is 4.42 Å². The van der Waals surface area contributed by atoms with E-state index >= 15 is 0 Å². The Morgan fingerprint density at radius 2 is 2.22 bits per heavy atom. The number of nitrogens with one attached hydrogen (secondary N) is 1. The SMILES string of the molecule is O=C(N/N=C/c1ccc(I)o1)c1cccc(Br)c1. The van der Waals surface area contributed by atoms with Crippen molar-refractivity contribution in [2.24, 2.45) is 5.10 Å². The number of nitrogens with zero attached hydrogens (tertiary/aromatic N) is 1. The van der Waals surface area contributed by atoms with Crippen molar-refractivity contribution in [1.82, 2.24) is 5.43 Å². The standard InChI is InChI=1S/C12H8BrIN2O2/c13-9-3-1-2-8(6-9)12(17)16-15-7-10-4-5-11(14)18-10/h1-7H,(H,16,17)/b15-7+. The third-order valence-electron chi connectivity index (χ3n) is 2.04. The average Bonchev–Trinajstić information content (AvgIpc) is 2.75. The Bertz CT molecular complexity index is 595. The second-order valence-electron chi connectivity index (χ2n) is 3.35. The highest BCUT2D eigenvalue weighted by Gasteiger charge is 2.03. The van der Waals surface area contributed by atoms with Gasteiger partial charge in [-0.05, 0) is 52.9 Å². The maximum absolute atomic E-state index is 11.7. The first-order chi connectivity index (χ1) is 8.65. The summed E-state index contributed by atoms with van der Waals surface area (Å²) in [6, 6.07) is 10.7. The zero-order valence-electron chi connectivity index (χ0n) is 9.06. The van der Waals surface area contributed by atoms with Crippen molar-refractivity contribution in [3.8, 4) is 0 Å². The molecule has 18 heavy (non-hydrogen) atoms. The lowest BCUT2D eigenvalue weighted by Gasteiger charge is -1.99. The maximum Gasteiger partial charge on any atom is 0.271 e. The summed E-state index contributed by atoms with van der Waals surface area (Å²) in [6.07, 6.45) is 1.46. The molecule has 0 saturated carbocycles. The van der Waals surface area contributed by atoms with Gasteiger partial charge in [0.05, 0.1) is 6.21 Å². The van der Waals surface area contributed by atoms with Crippen LogP contribution < -0.4 is 5.43 Å². The predicted molar refractivity (Wildman–Crippen MR) is 80.6 cm³/mol. The highest BCUT2D eigenvalue weighted by atomic mass is 127. The molecule has 92 valence electrons. The van der Waals surface area contributed by atoms with Crippen molar-refractivity contribution in [3.63, 3.8) is 0 Å². The molecule has 2 aromatic rings. The van der Waals surface area contributed by atoms with E-state index in [0.29, 0.717) is 11.3 Å². The summed E-state index contributed by atoms with van der Waals surface area (Å²) in [5.74, 6) is 0.322. The van der Waals surface area contributed by atoms with Crippen LogP contribution >= 0.6 is 38.5 Å². The molecule has 1 aromatic carbocycles. The molecule has 0 atom stereocenters. The molecular formula is C12H8BrIN2O2. The Morgan fingerprint density at radius 1 is 1.39 bits per heavy atom. The van der Waals surface area contributed by atoms with Crippen molar-refractivity contribution in [2.45, 2.75) is 0 Å². The summed E-state index contributed by atoms with van der Waals surface area (Å²) in [7, 11) is 0. The first kappa shape index (κ1) is 13.3. The molecule has 2 rings (SSSR count). The fourth-order valence-electron chi connectivity index (χ4n) is 1.25. The van der Waals surface area contributed by atoms with Gasteiger partial charge in [0.25, 0.3) is 5.91 Å². The molecule has 0 radical (unpaired) electrons. The van der Waals surface area contributed by atoms with E-state index < -0.39 is 0 Å². The third-order valence-corrected chi connectivity index (χ3v) is 3.11. The zero-order valence-corrected chi connectivity index (χ0v) is 12.8. The van der Waals surface area contributed by atoms with Crippen LogP contribution in [0.2, 0.25) is 0 Å². The minimum atomic E-state index is -0.270. The second-order valence-corrected chi connectivity index (χ2v) is 5.33. The number of furan rings is 1. The Kier molecular flexibility index (Phi) is 4.54. The van der Waals surface area contributed by atoms with Gasteiger partial charge in [-0.3, -0.25) is 4.79 Å². The number of halogens is 2. The van der Waals surface area contributed by atoms with Crippen LogP contribution in [-0.4, -0.2) is 12.1 Å². The minimum absolute atomic E-state index is 0.270. The number of carbonyl (C=O) groups excluding carboxylic acids is 1. The largest absolute Gasteiger partial charge is 0.449 e. The van der Waals surface area contributed by atoms with Gasteiger partial charge in [-0.1, -0.05) is 22.0 Å². The summed E-state index contributed by atoms with van der Waals surface area (Å²) >= 11 is 5.36. The summed E-state index contributed by atoms with van der Waals surface area (Å²) in [5, 5.41) is 3.82.